The summed E-state index contributed by atoms with van der Waals surface area (Å²) in [4.78, 5) is 11.3. The third-order valence-corrected chi connectivity index (χ3v) is 3.78. The van der Waals surface area contributed by atoms with Crippen LogP contribution in [0.1, 0.15) is 17.5 Å². The second kappa shape index (κ2) is 4.67. The summed E-state index contributed by atoms with van der Waals surface area (Å²) in [7, 11) is 0. The highest BCUT2D eigenvalue weighted by molar-refractivity contribution is 9.10. The van der Waals surface area contributed by atoms with Gasteiger partial charge in [0.2, 0.25) is 0 Å². The van der Waals surface area contributed by atoms with E-state index >= 15 is 0 Å². The van der Waals surface area contributed by atoms with E-state index in [4.69, 9.17) is 4.42 Å². The molecule has 0 fully saturated rings. The van der Waals surface area contributed by atoms with E-state index in [-0.39, 0.29) is 5.78 Å². The monoisotopic (exact) mass is 314 g/mol. The van der Waals surface area contributed by atoms with Gasteiger partial charge in [-0.2, -0.15) is 0 Å². The topological polar surface area (TPSA) is 30.2 Å². The van der Waals surface area contributed by atoms with E-state index in [1.54, 1.807) is 6.07 Å². The molecule has 0 unspecified atom stereocenters. The second-order valence-corrected chi connectivity index (χ2v) is 5.21. The molecule has 0 saturated carbocycles. The summed E-state index contributed by atoms with van der Waals surface area (Å²) in [6.07, 6.45) is 0. The van der Waals surface area contributed by atoms with Crippen molar-refractivity contribution < 1.29 is 9.21 Å². The normalized spacial score (nSPS) is 10.8. The van der Waals surface area contributed by atoms with Crippen LogP contribution in [0.15, 0.2) is 57.4 Å². The fourth-order valence-corrected chi connectivity index (χ4v) is 2.63. The number of carbonyl (C=O) groups excluding carboxylic acids is 1. The largest absolute Gasteiger partial charge is 0.453 e. The van der Waals surface area contributed by atoms with Crippen molar-refractivity contribution in [1.29, 1.82) is 0 Å². The van der Waals surface area contributed by atoms with Gasteiger partial charge in [-0.1, -0.05) is 40.2 Å². The summed E-state index contributed by atoms with van der Waals surface area (Å²) >= 11 is 3.55. The molecule has 0 aliphatic rings. The SMILES string of the molecule is CC(=O)c1ccc(-c2ccc(Br)c3ccccc23)o1. The number of halogens is 1. The molecule has 0 atom stereocenters. The van der Waals surface area contributed by atoms with Gasteiger partial charge in [-0.05, 0) is 35.0 Å². The van der Waals surface area contributed by atoms with Crippen molar-refractivity contribution in [2.45, 2.75) is 6.92 Å². The van der Waals surface area contributed by atoms with Gasteiger partial charge < -0.3 is 4.42 Å². The maximum Gasteiger partial charge on any atom is 0.194 e. The number of benzene rings is 2. The van der Waals surface area contributed by atoms with Crippen LogP contribution in [-0.2, 0) is 0 Å². The molecule has 1 aromatic heterocycles. The van der Waals surface area contributed by atoms with Gasteiger partial charge in [0.1, 0.15) is 5.76 Å². The number of rotatable bonds is 2. The molecule has 0 bridgehead atoms. The molecular formula is C16H11BrO2. The van der Waals surface area contributed by atoms with Crippen LogP contribution in [0.2, 0.25) is 0 Å². The molecular weight excluding hydrogens is 304 g/mol. The summed E-state index contributed by atoms with van der Waals surface area (Å²) in [5.41, 5.74) is 0.992. The van der Waals surface area contributed by atoms with E-state index in [0.717, 1.165) is 20.8 Å². The zero-order valence-electron chi connectivity index (χ0n) is 10.3. The van der Waals surface area contributed by atoms with E-state index in [1.807, 2.05) is 36.4 Å². The molecule has 1 heterocycles. The highest BCUT2D eigenvalue weighted by atomic mass is 79.9. The van der Waals surface area contributed by atoms with Gasteiger partial charge in [0.25, 0.3) is 0 Å². The predicted molar refractivity (Wildman–Crippen MR) is 79.4 cm³/mol. The number of hydrogen-bond acceptors (Lipinski definition) is 2. The van der Waals surface area contributed by atoms with Crippen molar-refractivity contribution in [1.82, 2.24) is 0 Å². The first-order chi connectivity index (χ1) is 9.16. The number of ketones is 1. The van der Waals surface area contributed by atoms with Crippen LogP contribution in [0.5, 0.6) is 0 Å². The van der Waals surface area contributed by atoms with Gasteiger partial charge in [-0.25, -0.2) is 0 Å². The van der Waals surface area contributed by atoms with Gasteiger partial charge in [0.05, 0.1) is 0 Å². The molecule has 0 radical (unpaired) electrons. The first-order valence-electron chi connectivity index (χ1n) is 5.95. The fourth-order valence-electron chi connectivity index (χ4n) is 2.15. The quantitative estimate of drug-likeness (QED) is 0.618. The molecule has 0 N–H and O–H groups in total. The van der Waals surface area contributed by atoms with Crippen molar-refractivity contribution in [2.75, 3.05) is 0 Å². The van der Waals surface area contributed by atoms with Crippen molar-refractivity contribution in [3.63, 3.8) is 0 Å². The number of furan rings is 1. The number of fused-ring (bicyclic) bond motifs is 1. The lowest BCUT2D eigenvalue weighted by atomic mass is 10.0. The average molecular weight is 315 g/mol. The first kappa shape index (κ1) is 12.2. The third kappa shape index (κ3) is 2.10. The average Bonchev–Trinajstić information content (AvgIpc) is 2.89. The van der Waals surface area contributed by atoms with Crippen LogP contribution in [0.25, 0.3) is 22.1 Å². The van der Waals surface area contributed by atoms with Crippen molar-refractivity contribution in [2.24, 2.45) is 0 Å². The predicted octanol–water partition coefficient (Wildman–Crippen LogP) is 5.06. The lowest BCUT2D eigenvalue weighted by Crippen LogP contribution is -1.86. The molecule has 0 aliphatic heterocycles. The van der Waals surface area contributed by atoms with Crippen LogP contribution in [0.4, 0.5) is 0 Å². The zero-order valence-corrected chi connectivity index (χ0v) is 11.9. The zero-order chi connectivity index (χ0) is 13.4. The van der Waals surface area contributed by atoms with Gasteiger partial charge in [0, 0.05) is 17.0 Å². The van der Waals surface area contributed by atoms with E-state index in [2.05, 4.69) is 22.0 Å². The van der Waals surface area contributed by atoms with Gasteiger partial charge >= 0.3 is 0 Å². The Morgan fingerprint density at radius 2 is 1.74 bits per heavy atom. The van der Waals surface area contributed by atoms with Crippen molar-refractivity contribution in [3.8, 4) is 11.3 Å². The molecule has 0 aliphatic carbocycles. The summed E-state index contributed by atoms with van der Waals surface area (Å²) in [5, 5.41) is 2.22. The maximum absolute atomic E-state index is 11.3. The Hall–Kier alpha value is -1.87. The molecule has 2 nitrogen and oxygen atoms in total. The van der Waals surface area contributed by atoms with Gasteiger partial charge in [0.15, 0.2) is 11.5 Å². The van der Waals surface area contributed by atoms with E-state index in [0.29, 0.717) is 11.5 Å². The molecule has 3 rings (SSSR count). The van der Waals surface area contributed by atoms with Crippen molar-refractivity contribution in [3.05, 3.63) is 58.8 Å². The number of carbonyl (C=O) groups is 1. The molecule has 2 aromatic carbocycles. The Morgan fingerprint density at radius 3 is 2.42 bits per heavy atom. The Balaban J connectivity index is 2.24. The summed E-state index contributed by atoms with van der Waals surface area (Å²) in [6, 6.07) is 15.6. The molecule has 19 heavy (non-hydrogen) atoms. The molecule has 0 amide bonds. The van der Waals surface area contributed by atoms with E-state index < -0.39 is 0 Å². The Kier molecular flexibility index (Phi) is 2.99. The van der Waals surface area contributed by atoms with E-state index in [1.165, 1.54) is 6.92 Å². The highest BCUT2D eigenvalue weighted by Gasteiger charge is 2.11. The van der Waals surface area contributed by atoms with Crippen molar-refractivity contribution >= 4 is 32.5 Å². The molecule has 94 valence electrons. The fraction of sp³-hybridized carbons (Fsp3) is 0.0625. The minimum absolute atomic E-state index is 0.0623. The Labute approximate surface area is 119 Å². The summed E-state index contributed by atoms with van der Waals surface area (Å²) in [5.74, 6) is 1.04. The minimum atomic E-state index is -0.0623. The van der Waals surface area contributed by atoms with Crippen LogP contribution >= 0.6 is 15.9 Å². The first-order valence-corrected chi connectivity index (χ1v) is 6.74. The lowest BCUT2D eigenvalue weighted by molar-refractivity contribution is 0.0988. The smallest absolute Gasteiger partial charge is 0.194 e. The molecule has 3 heteroatoms. The standard InChI is InChI=1S/C16H11BrO2/c1-10(18)15-8-9-16(19-15)13-6-7-14(17)12-5-3-2-4-11(12)13/h2-9H,1H3. The van der Waals surface area contributed by atoms with Gasteiger partial charge in [-0.15, -0.1) is 0 Å². The maximum atomic E-state index is 11.3. The Bertz CT molecular complexity index is 771. The van der Waals surface area contributed by atoms with E-state index in [9.17, 15) is 4.79 Å². The van der Waals surface area contributed by atoms with Crippen LogP contribution < -0.4 is 0 Å². The van der Waals surface area contributed by atoms with Crippen LogP contribution in [0.3, 0.4) is 0 Å². The molecule has 3 aromatic rings. The van der Waals surface area contributed by atoms with Gasteiger partial charge in [-0.3, -0.25) is 4.79 Å². The summed E-state index contributed by atoms with van der Waals surface area (Å²) in [6.45, 7) is 1.50. The highest BCUT2D eigenvalue weighted by Crippen LogP contribution is 2.34. The number of Topliss-reactive ketones (excluding diaryl/α,β-unsaturated/α-hetero) is 1. The third-order valence-electron chi connectivity index (χ3n) is 3.09. The second-order valence-electron chi connectivity index (χ2n) is 4.36. The lowest BCUT2D eigenvalue weighted by Gasteiger charge is -2.05. The van der Waals surface area contributed by atoms with Crippen LogP contribution in [0, 0.1) is 0 Å². The number of hydrogen-bond donors (Lipinski definition) is 0. The summed E-state index contributed by atoms with van der Waals surface area (Å²) < 4.78 is 6.66. The molecule has 0 saturated heterocycles. The Morgan fingerprint density at radius 1 is 1.00 bits per heavy atom. The molecule has 0 spiro atoms. The minimum Gasteiger partial charge on any atom is -0.453 e. The van der Waals surface area contributed by atoms with Crippen LogP contribution in [-0.4, -0.2) is 5.78 Å².